The summed E-state index contributed by atoms with van der Waals surface area (Å²) in [4.78, 5) is 2.66. The van der Waals surface area contributed by atoms with Crippen LogP contribution in [0.4, 0.5) is 0 Å². The van der Waals surface area contributed by atoms with Crippen molar-refractivity contribution in [3.05, 3.63) is 0 Å². The maximum Gasteiger partial charge on any atom is 0.0331 e. The van der Waals surface area contributed by atoms with Gasteiger partial charge in [-0.1, -0.05) is 12.8 Å². The van der Waals surface area contributed by atoms with Crippen LogP contribution in [-0.4, -0.2) is 36.1 Å². The van der Waals surface area contributed by atoms with E-state index < -0.39 is 0 Å². The van der Waals surface area contributed by atoms with E-state index in [9.17, 15) is 0 Å². The predicted molar refractivity (Wildman–Crippen MR) is 63.0 cm³/mol. The molecule has 1 spiro atoms. The third kappa shape index (κ3) is 1.53. The SMILES string of the molecule is CN1CC2(CCCC2)NCC1(C)C1CC1. The first-order chi connectivity index (χ1) is 7.15. The third-order valence-electron chi connectivity index (χ3n) is 5.25. The van der Waals surface area contributed by atoms with Gasteiger partial charge in [0.05, 0.1) is 0 Å². The molecule has 0 amide bonds. The van der Waals surface area contributed by atoms with E-state index in [4.69, 9.17) is 0 Å². The number of hydrogen-bond acceptors (Lipinski definition) is 2. The van der Waals surface area contributed by atoms with Crippen molar-refractivity contribution in [1.29, 1.82) is 0 Å². The Kier molecular flexibility index (Phi) is 2.16. The van der Waals surface area contributed by atoms with Gasteiger partial charge in [-0.3, -0.25) is 4.90 Å². The lowest BCUT2D eigenvalue weighted by Gasteiger charge is -2.51. The second-order valence-corrected chi connectivity index (χ2v) is 6.33. The van der Waals surface area contributed by atoms with Gasteiger partial charge in [-0.25, -0.2) is 0 Å². The Labute approximate surface area is 93.4 Å². The van der Waals surface area contributed by atoms with E-state index in [1.54, 1.807) is 0 Å². The van der Waals surface area contributed by atoms with Gasteiger partial charge in [0, 0.05) is 24.2 Å². The van der Waals surface area contributed by atoms with Crippen molar-refractivity contribution in [3.63, 3.8) is 0 Å². The highest BCUT2D eigenvalue weighted by molar-refractivity contribution is 5.09. The lowest BCUT2D eigenvalue weighted by atomic mass is 9.84. The van der Waals surface area contributed by atoms with Gasteiger partial charge in [-0.05, 0) is 45.6 Å². The van der Waals surface area contributed by atoms with Crippen LogP contribution in [0.3, 0.4) is 0 Å². The van der Waals surface area contributed by atoms with E-state index >= 15 is 0 Å². The van der Waals surface area contributed by atoms with Gasteiger partial charge in [-0.15, -0.1) is 0 Å². The molecule has 86 valence electrons. The van der Waals surface area contributed by atoms with Gasteiger partial charge >= 0.3 is 0 Å². The Hall–Kier alpha value is -0.0800. The highest BCUT2D eigenvalue weighted by Crippen LogP contribution is 2.46. The minimum atomic E-state index is 0.452. The molecule has 0 bridgehead atoms. The molecule has 0 radical (unpaired) electrons. The molecule has 2 saturated carbocycles. The molecule has 0 aromatic rings. The average molecular weight is 208 g/mol. The van der Waals surface area contributed by atoms with Crippen molar-refractivity contribution in [2.75, 3.05) is 20.1 Å². The summed E-state index contributed by atoms with van der Waals surface area (Å²) >= 11 is 0. The van der Waals surface area contributed by atoms with Crippen LogP contribution in [0.1, 0.15) is 45.4 Å². The molecule has 1 saturated heterocycles. The minimum Gasteiger partial charge on any atom is -0.308 e. The fourth-order valence-electron chi connectivity index (χ4n) is 3.74. The molecular weight excluding hydrogens is 184 g/mol. The van der Waals surface area contributed by atoms with E-state index in [2.05, 4.69) is 24.2 Å². The summed E-state index contributed by atoms with van der Waals surface area (Å²) in [6.45, 7) is 4.95. The molecular formula is C13H24N2. The smallest absolute Gasteiger partial charge is 0.0331 e. The predicted octanol–water partition coefficient (Wildman–Crippen LogP) is 2.00. The largest absolute Gasteiger partial charge is 0.308 e. The highest BCUT2D eigenvalue weighted by Gasteiger charge is 2.50. The molecule has 15 heavy (non-hydrogen) atoms. The zero-order valence-corrected chi connectivity index (χ0v) is 10.2. The van der Waals surface area contributed by atoms with E-state index in [-0.39, 0.29) is 0 Å². The molecule has 2 heteroatoms. The molecule has 3 aliphatic rings. The molecule has 1 atom stereocenters. The van der Waals surface area contributed by atoms with E-state index in [1.165, 1.54) is 51.6 Å². The number of rotatable bonds is 1. The average Bonchev–Trinajstić information content (AvgIpc) is 2.97. The lowest BCUT2D eigenvalue weighted by molar-refractivity contribution is 0.0242. The van der Waals surface area contributed by atoms with Gasteiger partial charge in [0.25, 0.3) is 0 Å². The molecule has 3 rings (SSSR count). The van der Waals surface area contributed by atoms with Gasteiger partial charge in [0.1, 0.15) is 0 Å². The quantitative estimate of drug-likeness (QED) is 0.709. The number of hydrogen-bond donors (Lipinski definition) is 1. The molecule has 2 aliphatic carbocycles. The van der Waals surface area contributed by atoms with E-state index in [0.717, 1.165) is 5.92 Å². The Morgan fingerprint density at radius 2 is 1.87 bits per heavy atom. The number of nitrogens with one attached hydrogen (secondary N) is 1. The normalized spacial score (nSPS) is 41.2. The van der Waals surface area contributed by atoms with Crippen molar-refractivity contribution >= 4 is 0 Å². The zero-order chi connectivity index (χ0) is 10.5. The topological polar surface area (TPSA) is 15.3 Å². The highest BCUT2D eigenvalue weighted by atomic mass is 15.3. The van der Waals surface area contributed by atoms with Gasteiger partial charge in [0.15, 0.2) is 0 Å². The monoisotopic (exact) mass is 208 g/mol. The van der Waals surface area contributed by atoms with Crippen LogP contribution >= 0.6 is 0 Å². The third-order valence-corrected chi connectivity index (χ3v) is 5.25. The van der Waals surface area contributed by atoms with Crippen LogP contribution in [-0.2, 0) is 0 Å². The first-order valence-electron chi connectivity index (χ1n) is 6.61. The summed E-state index contributed by atoms with van der Waals surface area (Å²) in [7, 11) is 2.35. The van der Waals surface area contributed by atoms with Crippen LogP contribution in [0.25, 0.3) is 0 Å². The molecule has 1 N–H and O–H groups in total. The summed E-state index contributed by atoms with van der Waals surface area (Å²) in [6, 6.07) is 0. The molecule has 1 heterocycles. The second kappa shape index (κ2) is 3.21. The molecule has 2 nitrogen and oxygen atoms in total. The molecule has 0 aromatic heterocycles. The summed E-state index contributed by atoms with van der Waals surface area (Å²) in [5.41, 5.74) is 0.941. The fourth-order valence-corrected chi connectivity index (χ4v) is 3.74. The Bertz CT molecular complexity index is 253. The standard InChI is InChI=1S/C13H24N2/c1-12(11-5-6-11)9-14-13(10-15(12)2)7-3-4-8-13/h11,14H,3-10H2,1-2H3. The maximum atomic E-state index is 3.90. The minimum absolute atomic E-state index is 0.452. The Morgan fingerprint density at radius 3 is 2.40 bits per heavy atom. The van der Waals surface area contributed by atoms with Gasteiger partial charge < -0.3 is 5.32 Å². The van der Waals surface area contributed by atoms with Crippen LogP contribution in [0.15, 0.2) is 0 Å². The van der Waals surface area contributed by atoms with Crippen molar-refractivity contribution < 1.29 is 0 Å². The first-order valence-corrected chi connectivity index (χ1v) is 6.61. The first kappa shape index (κ1) is 10.1. The fraction of sp³-hybridized carbons (Fsp3) is 1.00. The summed E-state index contributed by atoms with van der Waals surface area (Å²) in [5, 5.41) is 3.90. The number of likely N-dealkylation sites (N-methyl/N-ethyl adjacent to an activating group) is 1. The van der Waals surface area contributed by atoms with Crippen LogP contribution in [0.5, 0.6) is 0 Å². The van der Waals surface area contributed by atoms with Crippen LogP contribution < -0.4 is 5.32 Å². The molecule has 0 aromatic carbocycles. The summed E-state index contributed by atoms with van der Waals surface area (Å²) in [5.74, 6) is 0.966. The Balaban J connectivity index is 1.74. The zero-order valence-electron chi connectivity index (χ0n) is 10.2. The molecule has 1 unspecified atom stereocenters. The van der Waals surface area contributed by atoms with Crippen LogP contribution in [0.2, 0.25) is 0 Å². The van der Waals surface area contributed by atoms with Crippen molar-refractivity contribution in [2.24, 2.45) is 5.92 Å². The van der Waals surface area contributed by atoms with Crippen molar-refractivity contribution in [2.45, 2.75) is 56.5 Å². The van der Waals surface area contributed by atoms with Crippen molar-refractivity contribution in [1.82, 2.24) is 10.2 Å². The maximum absolute atomic E-state index is 3.90. The summed E-state index contributed by atoms with van der Waals surface area (Å²) in [6.07, 6.45) is 8.57. The lowest BCUT2D eigenvalue weighted by Crippen LogP contribution is -2.68. The Morgan fingerprint density at radius 1 is 1.20 bits per heavy atom. The van der Waals surface area contributed by atoms with E-state index in [1.807, 2.05) is 0 Å². The van der Waals surface area contributed by atoms with Gasteiger partial charge in [0.2, 0.25) is 0 Å². The van der Waals surface area contributed by atoms with E-state index in [0.29, 0.717) is 11.1 Å². The molecule has 3 fully saturated rings. The summed E-state index contributed by atoms with van der Waals surface area (Å²) < 4.78 is 0. The van der Waals surface area contributed by atoms with Crippen molar-refractivity contribution in [3.8, 4) is 0 Å². The number of nitrogens with zero attached hydrogens (tertiary/aromatic N) is 1. The van der Waals surface area contributed by atoms with Gasteiger partial charge in [-0.2, -0.15) is 0 Å². The molecule has 1 aliphatic heterocycles. The second-order valence-electron chi connectivity index (χ2n) is 6.33. The number of piperazine rings is 1. The van der Waals surface area contributed by atoms with Crippen LogP contribution in [0, 0.1) is 5.92 Å².